The first-order valence-electron chi connectivity index (χ1n) is 7.45. The maximum absolute atomic E-state index is 12.8. The van der Waals surface area contributed by atoms with Gasteiger partial charge in [-0.2, -0.15) is 0 Å². The van der Waals surface area contributed by atoms with Crippen LogP contribution in [0.5, 0.6) is 0 Å². The molecule has 0 aliphatic rings. The molecule has 122 valence electrons. The standard InChI is InChI=1S/C18H16N2O4/c1-24-16(21)12-19-15-10-6-5-9-14(15)17(22)20(18(19)23)11-13-7-3-2-4-8-13/h2-10H,11-12H2,1H3. The van der Waals surface area contributed by atoms with Gasteiger partial charge in [-0.15, -0.1) is 0 Å². The molecular weight excluding hydrogens is 308 g/mol. The molecule has 0 fully saturated rings. The van der Waals surface area contributed by atoms with Gasteiger partial charge in [0, 0.05) is 0 Å². The van der Waals surface area contributed by atoms with Crippen molar-refractivity contribution in [1.29, 1.82) is 0 Å². The highest BCUT2D eigenvalue weighted by Crippen LogP contribution is 2.08. The van der Waals surface area contributed by atoms with E-state index in [0.717, 1.165) is 10.1 Å². The summed E-state index contributed by atoms with van der Waals surface area (Å²) in [5, 5.41) is 0.386. The van der Waals surface area contributed by atoms with Crippen LogP contribution in [-0.4, -0.2) is 22.2 Å². The van der Waals surface area contributed by atoms with E-state index in [0.29, 0.717) is 10.9 Å². The van der Waals surface area contributed by atoms with Crippen LogP contribution in [0.4, 0.5) is 0 Å². The number of carbonyl (C=O) groups excluding carboxylic acids is 1. The Balaban J connectivity index is 2.24. The molecule has 0 radical (unpaired) electrons. The number of hydrogen-bond acceptors (Lipinski definition) is 4. The van der Waals surface area contributed by atoms with Gasteiger partial charge in [0.15, 0.2) is 0 Å². The molecule has 3 aromatic rings. The van der Waals surface area contributed by atoms with Crippen molar-refractivity contribution >= 4 is 16.9 Å². The van der Waals surface area contributed by atoms with Gasteiger partial charge in [-0.1, -0.05) is 42.5 Å². The molecule has 0 amide bonds. The van der Waals surface area contributed by atoms with Crippen LogP contribution < -0.4 is 11.2 Å². The largest absolute Gasteiger partial charge is 0.468 e. The summed E-state index contributed by atoms with van der Waals surface area (Å²) in [5.74, 6) is -0.549. The summed E-state index contributed by atoms with van der Waals surface area (Å²) in [6, 6.07) is 16.0. The zero-order valence-corrected chi connectivity index (χ0v) is 13.1. The maximum atomic E-state index is 12.8. The highest BCUT2D eigenvalue weighted by atomic mass is 16.5. The average molecular weight is 324 g/mol. The second kappa shape index (κ2) is 6.54. The van der Waals surface area contributed by atoms with Gasteiger partial charge in [-0.25, -0.2) is 4.79 Å². The fraction of sp³-hybridized carbons (Fsp3) is 0.167. The lowest BCUT2D eigenvalue weighted by atomic mass is 10.2. The molecule has 0 spiro atoms. The minimum atomic E-state index is -0.549. The van der Waals surface area contributed by atoms with E-state index in [9.17, 15) is 14.4 Å². The molecule has 6 nitrogen and oxygen atoms in total. The lowest BCUT2D eigenvalue weighted by Gasteiger charge is -2.13. The average Bonchev–Trinajstić information content (AvgIpc) is 2.63. The van der Waals surface area contributed by atoms with Crippen molar-refractivity contribution in [3.8, 4) is 0 Å². The number of ether oxygens (including phenoxy) is 1. The van der Waals surface area contributed by atoms with Gasteiger partial charge in [-0.05, 0) is 17.7 Å². The Labute approximate surface area is 137 Å². The van der Waals surface area contributed by atoms with E-state index < -0.39 is 11.7 Å². The number of rotatable bonds is 4. The molecule has 1 aromatic heterocycles. The molecule has 2 aromatic carbocycles. The number of carbonyl (C=O) groups is 1. The quantitative estimate of drug-likeness (QED) is 0.680. The van der Waals surface area contributed by atoms with E-state index in [-0.39, 0.29) is 18.6 Å². The summed E-state index contributed by atoms with van der Waals surface area (Å²) in [5.41, 5.74) is 0.340. The zero-order valence-electron chi connectivity index (χ0n) is 13.1. The van der Waals surface area contributed by atoms with Gasteiger partial charge >= 0.3 is 11.7 Å². The Morgan fingerprint density at radius 1 is 0.958 bits per heavy atom. The Morgan fingerprint density at radius 3 is 2.33 bits per heavy atom. The first-order chi connectivity index (χ1) is 11.6. The number of fused-ring (bicyclic) bond motifs is 1. The van der Waals surface area contributed by atoms with Crippen LogP contribution in [0.1, 0.15) is 5.56 Å². The van der Waals surface area contributed by atoms with Crippen LogP contribution in [0.25, 0.3) is 10.9 Å². The minimum Gasteiger partial charge on any atom is -0.468 e. The summed E-state index contributed by atoms with van der Waals surface area (Å²) in [6.07, 6.45) is 0. The van der Waals surface area contributed by atoms with E-state index in [1.54, 1.807) is 24.3 Å². The molecular formula is C18H16N2O4. The Bertz CT molecular complexity index is 1000. The summed E-state index contributed by atoms with van der Waals surface area (Å²) in [7, 11) is 1.26. The molecule has 6 heteroatoms. The van der Waals surface area contributed by atoms with Crippen LogP contribution in [0.3, 0.4) is 0 Å². The van der Waals surface area contributed by atoms with E-state index in [1.807, 2.05) is 30.3 Å². The van der Waals surface area contributed by atoms with Gasteiger partial charge in [0.05, 0.1) is 24.6 Å². The molecule has 0 unspecified atom stereocenters. The van der Waals surface area contributed by atoms with E-state index >= 15 is 0 Å². The number of aromatic nitrogens is 2. The third kappa shape index (κ3) is 2.86. The first-order valence-corrected chi connectivity index (χ1v) is 7.45. The van der Waals surface area contributed by atoms with Gasteiger partial charge < -0.3 is 4.74 Å². The van der Waals surface area contributed by atoms with Crippen LogP contribution in [0.15, 0.2) is 64.2 Å². The highest BCUT2D eigenvalue weighted by Gasteiger charge is 2.15. The van der Waals surface area contributed by atoms with Gasteiger partial charge in [0.1, 0.15) is 6.54 Å². The summed E-state index contributed by atoms with van der Waals surface area (Å²) >= 11 is 0. The first kappa shape index (κ1) is 15.7. The molecule has 0 aliphatic carbocycles. The number of benzene rings is 2. The lowest BCUT2D eigenvalue weighted by molar-refractivity contribution is -0.141. The molecule has 0 atom stereocenters. The van der Waals surface area contributed by atoms with E-state index in [1.165, 1.54) is 11.7 Å². The molecule has 0 bridgehead atoms. The predicted octanol–water partition coefficient (Wildman–Crippen LogP) is 1.38. The van der Waals surface area contributed by atoms with Gasteiger partial charge in [0.25, 0.3) is 5.56 Å². The topological polar surface area (TPSA) is 70.3 Å². The van der Waals surface area contributed by atoms with Gasteiger partial charge in [0.2, 0.25) is 0 Å². The highest BCUT2D eigenvalue weighted by molar-refractivity contribution is 5.79. The van der Waals surface area contributed by atoms with Crippen molar-refractivity contribution in [1.82, 2.24) is 9.13 Å². The molecule has 0 N–H and O–H groups in total. The number of para-hydroxylation sites is 1. The molecule has 0 aliphatic heterocycles. The minimum absolute atomic E-state index is 0.143. The Morgan fingerprint density at radius 2 is 1.62 bits per heavy atom. The normalized spacial score (nSPS) is 10.7. The zero-order chi connectivity index (χ0) is 17.1. The second-order valence-corrected chi connectivity index (χ2v) is 5.34. The van der Waals surface area contributed by atoms with Crippen LogP contribution in [0, 0.1) is 0 Å². The Kier molecular flexibility index (Phi) is 4.29. The number of esters is 1. The predicted molar refractivity (Wildman–Crippen MR) is 90.0 cm³/mol. The van der Waals surface area contributed by atoms with Crippen molar-refractivity contribution in [2.45, 2.75) is 13.1 Å². The van der Waals surface area contributed by atoms with Crippen LogP contribution in [-0.2, 0) is 22.6 Å². The van der Waals surface area contributed by atoms with Crippen molar-refractivity contribution in [2.75, 3.05) is 7.11 Å². The molecule has 0 saturated heterocycles. The lowest BCUT2D eigenvalue weighted by Crippen LogP contribution is -2.41. The summed E-state index contributed by atoms with van der Waals surface area (Å²) < 4.78 is 7.07. The third-order valence-corrected chi connectivity index (χ3v) is 3.83. The summed E-state index contributed by atoms with van der Waals surface area (Å²) in [6.45, 7) is -0.102. The van der Waals surface area contributed by atoms with Crippen LogP contribution in [0.2, 0.25) is 0 Å². The van der Waals surface area contributed by atoms with E-state index in [2.05, 4.69) is 4.74 Å². The van der Waals surface area contributed by atoms with Crippen LogP contribution >= 0.6 is 0 Å². The maximum Gasteiger partial charge on any atom is 0.332 e. The summed E-state index contributed by atoms with van der Waals surface area (Å²) in [4.78, 5) is 37.1. The SMILES string of the molecule is COC(=O)Cn1c(=O)n(Cc2ccccc2)c(=O)c2ccccc21. The van der Waals surface area contributed by atoms with Crippen molar-refractivity contribution in [3.05, 3.63) is 81.0 Å². The van der Waals surface area contributed by atoms with Crippen molar-refractivity contribution in [3.63, 3.8) is 0 Å². The second-order valence-electron chi connectivity index (χ2n) is 5.34. The number of methoxy groups -OCH3 is 1. The third-order valence-electron chi connectivity index (χ3n) is 3.83. The molecule has 24 heavy (non-hydrogen) atoms. The smallest absolute Gasteiger partial charge is 0.332 e. The molecule has 0 saturated carbocycles. The molecule has 3 rings (SSSR count). The molecule has 1 heterocycles. The van der Waals surface area contributed by atoms with Crippen molar-refractivity contribution < 1.29 is 9.53 Å². The fourth-order valence-corrected chi connectivity index (χ4v) is 2.62. The fourth-order valence-electron chi connectivity index (χ4n) is 2.62. The monoisotopic (exact) mass is 324 g/mol. The Hall–Kier alpha value is -3.15. The van der Waals surface area contributed by atoms with Gasteiger partial charge in [-0.3, -0.25) is 18.7 Å². The van der Waals surface area contributed by atoms with Crippen molar-refractivity contribution in [2.24, 2.45) is 0 Å². The number of nitrogens with zero attached hydrogens (tertiary/aromatic N) is 2. The van der Waals surface area contributed by atoms with E-state index in [4.69, 9.17) is 0 Å². The number of hydrogen-bond donors (Lipinski definition) is 0.